The second-order valence-corrected chi connectivity index (χ2v) is 7.25. The van der Waals surface area contributed by atoms with E-state index in [-0.39, 0.29) is 0 Å². The van der Waals surface area contributed by atoms with Gasteiger partial charge in [0, 0.05) is 12.1 Å². The highest BCUT2D eigenvalue weighted by atomic mass is 16.4. The molecule has 0 bridgehead atoms. The molecule has 1 aliphatic heterocycles. The number of rotatable bonds is 9. The van der Waals surface area contributed by atoms with Gasteiger partial charge in [0.15, 0.2) is 0 Å². The molecule has 2 atom stereocenters. The van der Waals surface area contributed by atoms with Crippen LogP contribution in [0.15, 0.2) is 0 Å². The summed E-state index contributed by atoms with van der Waals surface area (Å²) in [5.41, 5.74) is -0.700. The summed E-state index contributed by atoms with van der Waals surface area (Å²) < 4.78 is 0. The Morgan fingerprint density at radius 2 is 2.10 bits per heavy atom. The number of likely N-dealkylation sites (tertiary alicyclic amines) is 1. The summed E-state index contributed by atoms with van der Waals surface area (Å²) in [7, 11) is 0. The van der Waals surface area contributed by atoms with Gasteiger partial charge in [-0.15, -0.1) is 0 Å². The van der Waals surface area contributed by atoms with Gasteiger partial charge in [-0.2, -0.15) is 0 Å². The molecule has 2 unspecified atom stereocenters. The fraction of sp³-hybridized carbons (Fsp3) is 0.941. The van der Waals surface area contributed by atoms with Crippen LogP contribution in [0.25, 0.3) is 0 Å². The second kappa shape index (κ2) is 7.10. The van der Waals surface area contributed by atoms with Gasteiger partial charge in [0.25, 0.3) is 0 Å². The molecule has 1 saturated heterocycles. The molecule has 21 heavy (non-hydrogen) atoms. The zero-order chi connectivity index (χ0) is 15.5. The van der Waals surface area contributed by atoms with E-state index in [0.29, 0.717) is 24.4 Å². The summed E-state index contributed by atoms with van der Waals surface area (Å²) in [5, 5.41) is 13.1. The fourth-order valence-corrected chi connectivity index (χ4v) is 3.76. The largest absolute Gasteiger partial charge is 0.480 e. The number of carboxylic acid groups (broad SMARTS) is 1. The molecule has 2 aliphatic rings. The summed E-state index contributed by atoms with van der Waals surface area (Å²) in [6, 6.07) is 1.14. The van der Waals surface area contributed by atoms with Gasteiger partial charge in [0.05, 0.1) is 0 Å². The van der Waals surface area contributed by atoms with Crippen molar-refractivity contribution in [2.75, 3.05) is 13.1 Å². The van der Waals surface area contributed by atoms with Gasteiger partial charge in [0.1, 0.15) is 5.54 Å². The van der Waals surface area contributed by atoms with E-state index < -0.39 is 11.5 Å². The van der Waals surface area contributed by atoms with Crippen molar-refractivity contribution in [2.45, 2.75) is 83.3 Å². The minimum absolute atomic E-state index is 0.441. The molecular weight excluding hydrogens is 264 g/mol. The maximum absolute atomic E-state index is 11.7. The van der Waals surface area contributed by atoms with Crippen LogP contribution in [0, 0.1) is 5.92 Å². The van der Waals surface area contributed by atoms with Gasteiger partial charge in [-0.1, -0.05) is 20.8 Å². The van der Waals surface area contributed by atoms with Crippen LogP contribution in [-0.4, -0.2) is 46.7 Å². The first-order valence-corrected chi connectivity index (χ1v) is 8.73. The fourth-order valence-electron chi connectivity index (χ4n) is 3.76. The van der Waals surface area contributed by atoms with Crippen molar-refractivity contribution in [3.05, 3.63) is 0 Å². The summed E-state index contributed by atoms with van der Waals surface area (Å²) >= 11 is 0. The Bertz CT molecular complexity index is 355. The van der Waals surface area contributed by atoms with Crippen molar-refractivity contribution in [1.82, 2.24) is 10.2 Å². The van der Waals surface area contributed by atoms with E-state index >= 15 is 0 Å². The monoisotopic (exact) mass is 296 g/mol. The van der Waals surface area contributed by atoms with E-state index in [1.807, 2.05) is 6.92 Å². The standard InChI is InChI=1S/C17H32N2O2/c1-4-17(16(20)21,18-14-8-9-14)10-6-12-19-11-5-7-15(19)13(2)3/h13-15,18H,4-12H2,1-3H3,(H,20,21). The third-order valence-electron chi connectivity index (χ3n) is 5.30. The molecule has 4 nitrogen and oxygen atoms in total. The Hall–Kier alpha value is -0.610. The van der Waals surface area contributed by atoms with Crippen molar-refractivity contribution < 1.29 is 9.90 Å². The highest BCUT2D eigenvalue weighted by Gasteiger charge is 2.41. The molecule has 2 N–H and O–H groups in total. The van der Waals surface area contributed by atoms with Crippen molar-refractivity contribution in [3.63, 3.8) is 0 Å². The van der Waals surface area contributed by atoms with E-state index in [1.165, 1.54) is 19.4 Å². The summed E-state index contributed by atoms with van der Waals surface area (Å²) in [6.07, 6.45) is 7.26. The normalized spacial score (nSPS) is 26.2. The van der Waals surface area contributed by atoms with Gasteiger partial charge in [0.2, 0.25) is 0 Å². The third-order valence-corrected chi connectivity index (χ3v) is 5.30. The molecule has 2 fully saturated rings. The Kier molecular flexibility index (Phi) is 5.67. The van der Waals surface area contributed by atoms with Crippen molar-refractivity contribution >= 4 is 5.97 Å². The van der Waals surface area contributed by atoms with Crippen molar-refractivity contribution in [3.8, 4) is 0 Å². The van der Waals surface area contributed by atoms with E-state index in [0.717, 1.165) is 32.2 Å². The van der Waals surface area contributed by atoms with Gasteiger partial charge in [-0.3, -0.25) is 10.1 Å². The summed E-state index contributed by atoms with van der Waals surface area (Å²) in [6.45, 7) is 8.82. The Balaban J connectivity index is 1.85. The van der Waals surface area contributed by atoms with Gasteiger partial charge >= 0.3 is 5.97 Å². The molecule has 1 saturated carbocycles. The van der Waals surface area contributed by atoms with Crippen LogP contribution in [0.4, 0.5) is 0 Å². The predicted molar refractivity (Wildman–Crippen MR) is 85.5 cm³/mol. The van der Waals surface area contributed by atoms with Gasteiger partial charge < -0.3 is 10.0 Å². The molecule has 1 aliphatic carbocycles. The number of carboxylic acids is 1. The lowest BCUT2D eigenvalue weighted by Gasteiger charge is -2.32. The van der Waals surface area contributed by atoms with Crippen LogP contribution >= 0.6 is 0 Å². The third kappa shape index (κ3) is 4.19. The molecule has 2 rings (SSSR count). The minimum Gasteiger partial charge on any atom is -0.480 e. The lowest BCUT2D eigenvalue weighted by molar-refractivity contribution is -0.145. The quantitative estimate of drug-likeness (QED) is 0.687. The number of aliphatic carboxylic acids is 1. The number of carbonyl (C=O) groups is 1. The Labute approximate surface area is 129 Å². The summed E-state index contributed by atoms with van der Waals surface area (Å²) in [5.74, 6) is 0.0335. The van der Waals surface area contributed by atoms with Crippen molar-refractivity contribution in [2.24, 2.45) is 5.92 Å². The maximum Gasteiger partial charge on any atom is 0.323 e. The smallest absolute Gasteiger partial charge is 0.323 e. The Morgan fingerprint density at radius 1 is 1.38 bits per heavy atom. The summed E-state index contributed by atoms with van der Waals surface area (Å²) in [4.78, 5) is 14.3. The predicted octanol–water partition coefficient (Wildman–Crippen LogP) is 2.87. The van der Waals surface area contributed by atoms with Crippen LogP contribution in [0.5, 0.6) is 0 Å². The lowest BCUT2D eigenvalue weighted by atomic mass is 9.90. The first-order valence-electron chi connectivity index (χ1n) is 8.73. The zero-order valence-electron chi connectivity index (χ0n) is 13.9. The second-order valence-electron chi connectivity index (χ2n) is 7.25. The van der Waals surface area contributed by atoms with Gasteiger partial charge in [-0.25, -0.2) is 0 Å². The molecule has 4 heteroatoms. The molecule has 0 amide bonds. The van der Waals surface area contributed by atoms with Crippen LogP contribution in [0.3, 0.4) is 0 Å². The van der Waals surface area contributed by atoms with E-state index in [4.69, 9.17) is 0 Å². The average molecular weight is 296 g/mol. The molecule has 0 radical (unpaired) electrons. The molecular formula is C17H32N2O2. The SMILES string of the molecule is CCC(CCCN1CCCC1C(C)C)(NC1CC1)C(=O)O. The van der Waals surface area contributed by atoms with Gasteiger partial charge in [-0.05, 0) is 64.0 Å². The molecule has 0 aromatic rings. The van der Waals surface area contributed by atoms with Crippen LogP contribution in [0.2, 0.25) is 0 Å². The van der Waals surface area contributed by atoms with E-state index in [1.54, 1.807) is 0 Å². The molecule has 0 aromatic heterocycles. The molecule has 0 spiro atoms. The van der Waals surface area contributed by atoms with E-state index in [9.17, 15) is 9.90 Å². The maximum atomic E-state index is 11.7. The highest BCUT2D eigenvalue weighted by molar-refractivity contribution is 5.78. The van der Waals surface area contributed by atoms with Crippen LogP contribution in [0.1, 0.15) is 65.7 Å². The van der Waals surface area contributed by atoms with E-state index in [2.05, 4.69) is 24.1 Å². The minimum atomic E-state index is -0.700. The number of nitrogens with zero attached hydrogens (tertiary/aromatic N) is 1. The number of hydrogen-bond acceptors (Lipinski definition) is 3. The number of nitrogens with one attached hydrogen (secondary N) is 1. The average Bonchev–Trinajstić information content (AvgIpc) is 3.11. The topological polar surface area (TPSA) is 52.6 Å². The molecule has 1 heterocycles. The first kappa shape index (κ1) is 16.8. The molecule has 0 aromatic carbocycles. The van der Waals surface area contributed by atoms with Crippen molar-refractivity contribution in [1.29, 1.82) is 0 Å². The molecule has 122 valence electrons. The highest BCUT2D eigenvalue weighted by Crippen LogP contribution is 2.29. The first-order chi connectivity index (χ1) is 9.98. The van der Waals surface area contributed by atoms with Crippen LogP contribution < -0.4 is 5.32 Å². The van der Waals surface area contributed by atoms with Crippen LogP contribution in [-0.2, 0) is 4.79 Å². The number of hydrogen-bond donors (Lipinski definition) is 2. The lowest BCUT2D eigenvalue weighted by Crippen LogP contribution is -2.53. The Morgan fingerprint density at radius 3 is 2.62 bits per heavy atom. The zero-order valence-corrected chi connectivity index (χ0v) is 13.9.